The van der Waals surface area contributed by atoms with Gasteiger partial charge in [-0.1, -0.05) is 12.1 Å². The molecule has 0 saturated carbocycles. The zero-order chi connectivity index (χ0) is 16.4. The summed E-state index contributed by atoms with van der Waals surface area (Å²) >= 11 is 0. The average molecular weight is 312 g/mol. The largest absolute Gasteiger partial charge is 0.508 e. The van der Waals surface area contributed by atoms with Gasteiger partial charge in [0.25, 0.3) is 0 Å². The lowest BCUT2D eigenvalue weighted by Crippen LogP contribution is -2.28. The van der Waals surface area contributed by atoms with Gasteiger partial charge in [-0.05, 0) is 35.9 Å². The zero-order valence-corrected chi connectivity index (χ0v) is 12.6. The number of Topliss-reactive ketones (excluding diaryl/α,β-unsaturated/α-hetero) is 1. The van der Waals surface area contributed by atoms with Crippen LogP contribution in [0.25, 0.3) is 0 Å². The molecule has 2 aromatic carbocycles. The van der Waals surface area contributed by atoms with Crippen LogP contribution in [0.4, 0.5) is 0 Å². The van der Waals surface area contributed by atoms with E-state index in [0.29, 0.717) is 23.3 Å². The number of aromatic hydroxyl groups is 1. The van der Waals surface area contributed by atoms with E-state index < -0.39 is 5.97 Å². The number of phenols is 1. The van der Waals surface area contributed by atoms with Gasteiger partial charge in [-0.3, -0.25) is 4.79 Å². The van der Waals surface area contributed by atoms with Crippen LogP contribution >= 0.6 is 0 Å². The summed E-state index contributed by atoms with van der Waals surface area (Å²) in [5, 5.41) is 9.46. The number of methoxy groups -OCH3 is 1. The number of fused-ring (bicyclic) bond motifs is 1. The van der Waals surface area contributed by atoms with Crippen LogP contribution in [0, 0.1) is 0 Å². The first kappa shape index (κ1) is 15.1. The molecule has 0 fully saturated rings. The van der Waals surface area contributed by atoms with Gasteiger partial charge >= 0.3 is 5.97 Å². The Morgan fingerprint density at radius 2 is 2.13 bits per heavy atom. The number of carbonyl (C=O) groups excluding carboxylic acids is 2. The normalized spacial score (nSPS) is 16.4. The molecule has 118 valence electrons. The number of phenolic OH excluding ortho intramolecular Hbond substituents is 1. The Bertz CT molecular complexity index is 766. The third kappa shape index (κ3) is 3.18. The Kier molecular flexibility index (Phi) is 4.02. The quantitative estimate of drug-likeness (QED) is 0.882. The molecule has 23 heavy (non-hydrogen) atoms. The van der Waals surface area contributed by atoms with Crippen LogP contribution in [0.1, 0.15) is 32.7 Å². The minimum absolute atomic E-state index is 0.0462. The van der Waals surface area contributed by atoms with Crippen LogP contribution in [-0.2, 0) is 11.2 Å². The Labute approximate surface area is 133 Å². The molecule has 5 heteroatoms. The summed E-state index contributed by atoms with van der Waals surface area (Å²) in [6, 6.07) is 11.6. The van der Waals surface area contributed by atoms with E-state index in [1.165, 1.54) is 19.2 Å². The second kappa shape index (κ2) is 6.12. The molecule has 5 nitrogen and oxygen atoms in total. The Morgan fingerprint density at radius 1 is 1.30 bits per heavy atom. The van der Waals surface area contributed by atoms with E-state index in [9.17, 15) is 14.7 Å². The summed E-state index contributed by atoms with van der Waals surface area (Å²) in [4.78, 5) is 23.8. The van der Waals surface area contributed by atoms with Crippen molar-refractivity contribution in [1.82, 2.24) is 0 Å². The van der Waals surface area contributed by atoms with E-state index in [2.05, 4.69) is 0 Å². The predicted octanol–water partition coefficient (Wildman–Crippen LogP) is 2.76. The molecule has 0 bridgehead atoms. The topological polar surface area (TPSA) is 72.8 Å². The molecule has 1 atom stereocenters. The highest BCUT2D eigenvalue weighted by Gasteiger charge is 2.27. The Morgan fingerprint density at radius 3 is 2.91 bits per heavy atom. The molecule has 0 amide bonds. The molecule has 0 aliphatic carbocycles. The minimum Gasteiger partial charge on any atom is -0.508 e. The van der Waals surface area contributed by atoms with Gasteiger partial charge in [0.15, 0.2) is 5.78 Å². The summed E-state index contributed by atoms with van der Waals surface area (Å²) in [7, 11) is 1.34. The lowest BCUT2D eigenvalue weighted by atomic mass is 9.96. The molecular weight excluding hydrogens is 296 g/mol. The summed E-state index contributed by atoms with van der Waals surface area (Å²) in [5.41, 5.74) is 1.77. The van der Waals surface area contributed by atoms with Crippen molar-refractivity contribution < 1.29 is 24.2 Å². The van der Waals surface area contributed by atoms with Crippen molar-refractivity contribution in [2.24, 2.45) is 0 Å². The molecule has 0 spiro atoms. The Hall–Kier alpha value is -2.82. The molecule has 3 rings (SSSR count). The SMILES string of the molecule is COC(=O)c1cccc(CC2CC(=O)c3cc(O)ccc3O2)c1. The molecule has 1 N–H and O–H groups in total. The van der Waals surface area contributed by atoms with E-state index in [0.717, 1.165) is 5.56 Å². The van der Waals surface area contributed by atoms with Gasteiger partial charge in [-0.15, -0.1) is 0 Å². The third-order valence-corrected chi connectivity index (χ3v) is 3.78. The number of ether oxygens (including phenoxy) is 2. The first-order valence-electron chi connectivity index (χ1n) is 7.27. The number of hydrogen-bond acceptors (Lipinski definition) is 5. The number of rotatable bonds is 3. The number of hydrogen-bond donors (Lipinski definition) is 1. The maximum Gasteiger partial charge on any atom is 0.337 e. The van der Waals surface area contributed by atoms with Crippen molar-refractivity contribution >= 4 is 11.8 Å². The standard InChI is InChI=1S/C18H16O5/c1-22-18(21)12-4-2-3-11(7-12)8-14-10-16(20)15-9-13(19)5-6-17(15)23-14/h2-7,9,14,19H,8,10H2,1H3. The molecule has 1 unspecified atom stereocenters. The van der Waals surface area contributed by atoms with Gasteiger partial charge in [0.2, 0.25) is 0 Å². The van der Waals surface area contributed by atoms with Crippen LogP contribution < -0.4 is 4.74 Å². The van der Waals surface area contributed by atoms with Crippen LogP contribution in [-0.4, -0.2) is 30.1 Å². The second-order valence-electron chi connectivity index (χ2n) is 5.44. The van der Waals surface area contributed by atoms with Crippen LogP contribution in [0.5, 0.6) is 11.5 Å². The van der Waals surface area contributed by atoms with Gasteiger partial charge in [-0.25, -0.2) is 4.79 Å². The first-order valence-corrected chi connectivity index (χ1v) is 7.27. The molecule has 0 aromatic heterocycles. The van der Waals surface area contributed by atoms with Crippen LogP contribution in [0.3, 0.4) is 0 Å². The molecule has 0 saturated heterocycles. The van der Waals surface area contributed by atoms with Gasteiger partial charge in [0.1, 0.15) is 17.6 Å². The van der Waals surface area contributed by atoms with Gasteiger partial charge in [0, 0.05) is 12.8 Å². The van der Waals surface area contributed by atoms with Crippen LogP contribution in [0.15, 0.2) is 42.5 Å². The van der Waals surface area contributed by atoms with Crippen molar-refractivity contribution in [2.45, 2.75) is 18.9 Å². The van der Waals surface area contributed by atoms with E-state index in [1.807, 2.05) is 6.07 Å². The van der Waals surface area contributed by atoms with E-state index in [4.69, 9.17) is 9.47 Å². The van der Waals surface area contributed by atoms with Gasteiger partial charge in [0.05, 0.1) is 18.2 Å². The van der Waals surface area contributed by atoms with Gasteiger partial charge < -0.3 is 14.6 Å². The van der Waals surface area contributed by atoms with Crippen LogP contribution in [0.2, 0.25) is 0 Å². The zero-order valence-electron chi connectivity index (χ0n) is 12.6. The van der Waals surface area contributed by atoms with E-state index in [1.54, 1.807) is 24.3 Å². The summed E-state index contributed by atoms with van der Waals surface area (Å²) in [6.07, 6.45) is 0.447. The fourth-order valence-corrected chi connectivity index (χ4v) is 2.70. The Balaban J connectivity index is 1.78. The molecule has 2 aromatic rings. The van der Waals surface area contributed by atoms with Crippen molar-refractivity contribution in [3.05, 3.63) is 59.2 Å². The number of benzene rings is 2. The second-order valence-corrected chi connectivity index (χ2v) is 5.44. The maximum absolute atomic E-state index is 12.2. The summed E-state index contributed by atoms with van der Waals surface area (Å²) < 4.78 is 10.5. The fourth-order valence-electron chi connectivity index (χ4n) is 2.70. The minimum atomic E-state index is -0.395. The highest BCUT2D eigenvalue weighted by molar-refractivity contribution is 6.00. The van der Waals surface area contributed by atoms with Crippen molar-refractivity contribution in [3.8, 4) is 11.5 Å². The number of esters is 1. The average Bonchev–Trinajstić information content (AvgIpc) is 2.55. The molecular formula is C18H16O5. The molecule has 1 aliphatic heterocycles. The molecule has 1 aliphatic rings. The van der Waals surface area contributed by atoms with Crippen molar-refractivity contribution in [3.63, 3.8) is 0 Å². The monoisotopic (exact) mass is 312 g/mol. The number of ketones is 1. The summed E-state index contributed by atoms with van der Waals surface area (Å²) in [5.74, 6) is 0.0719. The number of carbonyl (C=O) groups is 2. The smallest absolute Gasteiger partial charge is 0.337 e. The van der Waals surface area contributed by atoms with Gasteiger partial charge in [-0.2, -0.15) is 0 Å². The van der Waals surface area contributed by atoms with E-state index in [-0.39, 0.29) is 24.1 Å². The lowest BCUT2D eigenvalue weighted by molar-refractivity contribution is 0.0600. The highest BCUT2D eigenvalue weighted by atomic mass is 16.5. The van der Waals surface area contributed by atoms with Crippen molar-refractivity contribution in [1.29, 1.82) is 0 Å². The molecule has 1 heterocycles. The highest BCUT2D eigenvalue weighted by Crippen LogP contribution is 2.31. The van der Waals surface area contributed by atoms with E-state index >= 15 is 0 Å². The maximum atomic E-state index is 12.2. The first-order chi connectivity index (χ1) is 11.1. The third-order valence-electron chi connectivity index (χ3n) is 3.78. The predicted molar refractivity (Wildman–Crippen MR) is 83.0 cm³/mol. The lowest BCUT2D eigenvalue weighted by Gasteiger charge is -2.25. The molecule has 0 radical (unpaired) electrons. The van der Waals surface area contributed by atoms with Crippen molar-refractivity contribution in [2.75, 3.05) is 7.11 Å². The fraction of sp³-hybridized carbons (Fsp3) is 0.222. The summed E-state index contributed by atoms with van der Waals surface area (Å²) in [6.45, 7) is 0.